The third-order valence-corrected chi connectivity index (χ3v) is 3.66. The van der Waals surface area contributed by atoms with Gasteiger partial charge < -0.3 is 15.4 Å². The second-order valence-electron chi connectivity index (χ2n) is 5.08. The second-order valence-corrected chi connectivity index (χ2v) is 5.08. The van der Waals surface area contributed by atoms with Crippen molar-refractivity contribution in [1.29, 1.82) is 0 Å². The zero-order chi connectivity index (χ0) is 14.7. The molecule has 3 rings (SSSR count). The molecule has 0 atom stereocenters. The lowest BCUT2D eigenvalue weighted by molar-refractivity contribution is 0.0951. The second kappa shape index (κ2) is 5.87. The Morgan fingerprint density at radius 1 is 1.29 bits per heavy atom. The maximum Gasteiger partial charge on any atom is 0.251 e. The SMILES string of the molecule is COc1cccc(CNC(=O)c2ccc3c(c2)CCN3)c1. The fourth-order valence-corrected chi connectivity index (χ4v) is 2.51. The first-order valence-electron chi connectivity index (χ1n) is 7.04. The van der Waals surface area contributed by atoms with Crippen molar-refractivity contribution in [2.24, 2.45) is 0 Å². The lowest BCUT2D eigenvalue weighted by Gasteiger charge is -2.08. The van der Waals surface area contributed by atoms with E-state index in [1.165, 1.54) is 5.56 Å². The van der Waals surface area contributed by atoms with Gasteiger partial charge in [0.15, 0.2) is 0 Å². The van der Waals surface area contributed by atoms with Gasteiger partial charge in [0.05, 0.1) is 7.11 Å². The number of fused-ring (bicyclic) bond motifs is 1. The average Bonchev–Trinajstić information content (AvgIpc) is 3.00. The minimum Gasteiger partial charge on any atom is -0.497 e. The molecule has 21 heavy (non-hydrogen) atoms. The van der Waals surface area contributed by atoms with Crippen molar-refractivity contribution in [3.05, 3.63) is 59.2 Å². The molecule has 0 saturated carbocycles. The summed E-state index contributed by atoms with van der Waals surface area (Å²) in [6, 6.07) is 13.5. The number of anilines is 1. The number of amides is 1. The summed E-state index contributed by atoms with van der Waals surface area (Å²) in [5, 5.41) is 6.23. The van der Waals surface area contributed by atoms with Crippen molar-refractivity contribution in [2.75, 3.05) is 19.0 Å². The molecule has 1 amide bonds. The van der Waals surface area contributed by atoms with Gasteiger partial charge in [-0.2, -0.15) is 0 Å². The highest BCUT2D eigenvalue weighted by Gasteiger charge is 2.13. The normalized spacial score (nSPS) is 12.4. The van der Waals surface area contributed by atoms with E-state index >= 15 is 0 Å². The van der Waals surface area contributed by atoms with Crippen LogP contribution < -0.4 is 15.4 Å². The van der Waals surface area contributed by atoms with Crippen LogP contribution in [0.15, 0.2) is 42.5 Å². The van der Waals surface area contributed by atoms with Crippen LogP contribution in [0.3, 0.4) is 0 Å². The Bertz CT molecular complexity index is 668. The predicted molar refractivity (Wildman–Crippen MR) is 82.8 cm³/mol. The number of benzene rings is 2. The minimum absolute atomic E-state index is 0.0486. The lowest BCUT2D eigenvalue weighted by atomic mass is 10.1. The fraction of sp³-hybridized carbons (Fsp3) is 0.235. The highest BCUT2D eigenvalue weighted by Crippen LogP contribution is 2.23. The molecule has 1 aliphatic heterocycles. The number of carbonyl (C=O) groups excluding carboxylic acids is 1. The monoisotopic (exact) mass is 282 g/mol. The Morgan fingerprint density at radius 3 is 3.05 bits per heavy atom. The Morgan fingerprint density at radius 2 is 2.19 bits per heavy atom. The van der Waals surface area contributed by atoms with E-state index in [0.717, 1.165) is 30.0 Å². The van der Waals surface area contributed by atoms with Crippen molar-refractivity contribution < 1.29 is 9.53 Å². The number of hydrogen-bond donors (Lipinski definition) is 2. The molecule has 4 heteroatoms. The van der Waals surface area contributed by atoms with Gasteiger partial charge in [-0.05, 0) is 47.9 Å². The van der Waals surface area contributed by atoms with Gasteiger partial charge in [0.25, 0.3) is 5.91 Å². The summed E-state index contributed by atoms with van der Waals surface area (Å²) in [4.78, 5) is 12.2. The van der Waals surface area contributed by atoms with E-state index in [4.69, 9.17) is 4.74 Å². The highest BCUT2D eigenvalue weighted by atomic mass is 16.5. The predicted octanol–water partition coefficient (Wildman–Crippen LogP) is 2.59. The maximum absolute atomic E-state index is 12.2. The molecule has 4 nitrogen and oxygen atoms in total. The zero-order valence-corrected chi connectivity index (χ0v) is 12.0. The Balaban J connectivity index is 1.66. The molecule has 2 N–H and O–H groups in total. The van der Waals surface area contributed by atoms with Crippen LogP contribution in [0.1, 0.15) is 21.5 Å². The lowest BCUT2D eigenvalue weighted by Crippen LogP contribution is -2.22. The quantitative estimate of drug-likeness (QED) is 0.906. The summed E-state index contributed by atoms with van der Waals surface area (Å²) >= 11 is 0. The van der Waals surface area contributed by atoms with E-state index in [0.29, 0.717) is 12.1 Å². The van der Waals surface area contributed by atoms with Crippen LogP contribution in [0.5, 0.6) is 5.75 Å². The Labute approximate surface area is 124 Å². The standard InChI is InChI=1S/C17H18N2O2/c1-21-15-4-2-3-12(9-15)11-19-17(20)14-5-6-16-13(10-14)7-8-18-16/h2-6,9-10,18H,7-8,11H2,1H3,(H,19,20). The molecule has 1 aliphatic rings. The van der Waals surface area contributed by atoms with Gasteiger partial charge in [-0.3, -0.25) is 4.79 Å². The first-order chi connectivity index (χ1) is 10.3. The van der Waals surface area contributed by atoms with Crippen molar-refractivity contribution in [2.45, 2.75) is 13.0 Å². The molecule has 0 radical (unpaired) electrons. The summed E-state index contributed by atoms with van der Waals surface area (Å²) in [6.45, 7) is 1.44. The van der Waals surface area contributed by atoms with Gasteiger partial charge in [-0.1, -0.05) is 12.1 Å². The average molecular weight is 282 g/mol. The fourth-order valence-electron chi connectivity index (χ4n) is 2.51. The van der Waals surface area contributed by atoms with Gasteiger partial charge in [-0.25, -0.2) is 0 Å². The van der Waals surface area contributed by atoms with Crippen LogP contribution in [-0.4, -0.2) is 19.6 Å². The van der Waals surface area contributed by atoms with Crippen molar-refractivity contribution in [1.82, 2.24) is 5.32 Å². The molecule has 0 aromatic heterocycles. The summed E-state index contributed by atoms with van der Waals surface area (Å²) in [5.74, 6) is 0.748. The van der Waals surface area contributed by atoms with E-state index in [-0.39, 0.29) is 5.91 Å². The number of methoxy groups -OCH3 is 1. The first-order valence-corrected chi connectivity index (χ1v) is 7.04. The number of nitrogens with one attached hydrogen (secondary N) is 2. The molecule has 1 heterocycles. The number of ether oxygens (including phenoxy) is 1. The van der Waals surface area contributed by atoms with Gasteiger partial charge in [-0.15, -0.1) is 0 Å². The smallest absolute Gasteiger partial charge is 0.251 e. The van der Waals surface area contributed by atoms with Crippen molar-refractivity contribution in [3.8, 4) is 5.75 Å². The van der Waals surface area contributed by atoms with E-state index in [9.17, 15) is 4.79 Å². The Hall–Kier alpha value is -2.49. The van der Waals surface area contributed by atoms with Crippen LogP contribution in [0.4, 0.5) is 5.69 Å². The molecule has 0 fully saturated rings. The van der Waals surface area contributed by atoms with Crippen molar-refractivity contribution in [3.63, 3.8) is 0 Å². The molecule has 0 bridgehead atoms. The number of rotatable bonds is 4. The largest absolute Gasteiger partial charge is 0.497 e. The van der Waals surface area contributed by atoms with Gasteiger partial charge >= 0.3 is 0 Å². The summed E-state index contributed by atoms with van der Waals surface area (Å²) in [5.41, 5.74) is 4.08. The van der Waals surface area contributed by atoms with Crippen LogP contribution in [-0.2, 0) is 13.0 Å². The third kappa shape index (κ3) is 2.99. The van der Waals surface area contributed by atoms with E-state index < -0.39 is 0 Å². The molecule has 2 aromatic rings. The van der Waals surface area contributed by atoms with E-state index in [2.05, 4.69) is 10.6 Å². The summed E-state index contributed by atoms with van der Waals surface area (Å²) in [6.07, 6.45) is 0.979. The summed E-state index contributed by atoms with van der Waals surface area (Å²) in [7, 11) is 1.64. The first kappa shape index (κ1) is 13.5. The van der Waals surface area contributed by atoms with Crippen molar-refractivity contribution >= 4 is 11.6 Å². The minimum atomic E-state index is -0.0486. The highest BCUT2D eigenvalue weighted by molar-refractivity contribution is 5.95. The molecule has 2 aromatic carbocycles. The van der Waals surface area contributed by atoms with Crippen LogP contribution in [0.2, 0.25) is 0 Å². The molecule has 0 spiro atoms. The molecule has 0 saturated heterocycles. The maximum atomic E-state index is 12.2. The Kier molecular flexibility index (Phi) is 3.77. The molecule has 108 valence electrons. The number of carbonyl (C=O) groups is 1. The van der Waals surface area contributed by atoms with E-state index in [1.54, 1.807) is 7.11 Å². The van der Waals surface area contributed by atoms with Gasteiger partial charge in [0, 0.05) is 24.3 Å². The van der Waals surface area contributed by atoms with Gasteiger partial charge in [0.2, 0.25) is 0 Å². The third-order valence-electron chi connectivity index (χ3n) is 3.66. The van der Waals surface area contributed by atoms with Gasteiger partial charge in [0.1, 0.15) is 5.75 Å². The molecular formula is C17H18N2O2. The molecule has 0 aliphatic carbocycles. The van der Waals surface area contributed by atoms with Crippen LogP contribution >= 0.6 is 0 Å². The number of hydrogen-bond acceptors (Lipinski definition) is 3. The molecular weight excluding hydrogens is 264 g/mol. The van der Waals surface area contributed by atoms with E-state index in [1.807, 2.05) is 42.5 Å². The summed E-state index contributed by atoms with van der Waals surface area (Å²) < 4.78 is 5.18. The topological polar surface area (TPSA) is 50.4 Å². The van der Waals surface area contributed by atoms with Crippen LogP contribution in [0.25, 0.3) is 0 Å². The molecule has 0 unspecified atom stereocenters. The zero-order valence-electron chi connectivity index (χ0n) is 12.0. The van der Waals surface area contributed by atoms with Crippen LogP contribution in [0, 0.1) is 0 Å².